The van der Waals surface area contributed by atoms with E-state index in [1.807, 2.05) is 43.5 Å². The minimum Gasteiger partial charge on any atom is -0.494 e. The van der Waals surface area contributed by atoms with Crippen molar-refractivity contribution < 1.29 is 4.74 Å². The highest BCUT2D eigenvalue weighted by Crippen LogP contribution is 2.31. The van der Waals surface area contributed by atoms with Gasteiger partial charge in [-0.2, -0.15) is 0 Å². The molecule has 104 valence electrons. The van der Waals surface area contributed by atoms with Gasteiger partial charge in [-0.25, -0.2) is 4.98 Å². The van der Waals surface area contributed by atoms with Gasteiger partial charge in [0.05, 0.1) is 28.2 Å². The molecule has 0 aliphatic heterocycles. The molecule has 4 aromatic rings. The molecule has 0 fully saturated rings. The van der Waals surface area contributed by atoms with Crippen molar-refractivity contribution in [3.8, 4) is 16.3 Å². The zero-order valence-corrected chi connectivity index (χ0v) is 12.3. The third-order valence-electron chi connectivity index (χ3n) is 3.30. The second kappa shape index (κ2) is 4.86. The molecule has 0 saturated heterocycles. The summed E-state index contributed by atoms with van der Waals surface area (Å²) in [7, 11) is 0. The van der Waals surface area contributed by atoms with E-state index in [1.165, 1.54) is 0 Å². The average Bonchev–Trinajstić information content (AvgIpc) is 3.05. The highest BCUT2D eigenvalue weighted by molar-refractivity contribution is 7.20. The summed E-state index contributed by atoms with van der Waals surface area (Å²) in [5, 5.41) is 0. The van der Waals surface area contributed by atoms with Crippen molar-refractivity contribution in [3.63, 3.8) is 0 Å². The van der Waals surface area contributed by atoms with E-state index in [0.717, 1.165) is 32.3 Å². The molecule has 5 heteroatoms. The molecule has 0 atom stereocenters. The van der Waals surface area contributed by atoms with E-state index < -0.39 is 0 Å². The van der Waals surface area contributed by atoms with Crippen LogP contribution in [0.1, 0.15) is 6.92 Å². The monoisotopic (exact) mass is 295 g/mol. The number of thiazole rings is 1. The summed E-state index contributed by atoms with van der Waals surface area (Å²) >= 11 is 1.64. The molecule has 0 N–H and O–H groups in total. The Morgan fingerprint density at radius 3 is 3.00 bits per heavy atom. The fraction of sp³-hybridized carbons (Fsp3) is 0.125. The van der Waals surface area contributed by atoms with Gasteiger partial charge in [0.15, 0.2) is 4.96 Å². The zero-order chi connectivity index (χ0) is 14.2. The second-order valence-corrected chi connectivity index (χ2v) is 5.67. The van der Waals surface area contributed by atoms with Gasteiger partial charge in [0, 0.05) is 18.5 Å². The second-order valence-electron chi connectivity index (χ2n) is 4.66. The maximum absolute atomic E-state index is 5.52. The molecule has 4 nitrogen and oxygen atoms in total. The fourth-order valence-electron chi connectivity index (χ4n) is 2.38. The number of benzene rings is 1. The van der Waals surface area contributed by atoms with E-state index in [4.69, 9.17) is 4.74 Å². The average molecular weight is 295 g/mol. The molecular formula is C16H13N3OS. The molecule has 0 aliphatic rings. The Morgan fingerprint density at radius 2 is 2.19 bits per heavy atom. The molecule has 0 amide bonds. The maximum Gasteiger partial charge on any atom is 0.195 e. The van der Waals surface area contributed by atoms with E-state index in [2.05, 4.69) is 26.6 Å². The first-order valence-electron chi connectivity index (χ1n) is 6.81. The first-order chi connectivity index (χ1) is 10.3. The summed E-state index contributed by atoms with van der Waals surface area (Å²) in [6.45, 7) is 2.65. The lowest BCUT2D eigenvalue weighted by atomic mass is 10.3. The molecule has 0 aliphatic carbocycles. The van der Waals surface area contributed by atoms with E-state index in [9.17, 15) is 0 Å². The molecule has 1 aromatic carbocycles. The van der Waals surface area contributed by atoms with Crippen LogP contribution in [0.15, 0.2) is 48.8 Å². The fourth-order valence-corrected chi connectivity index (χ4v) is 3.35. The van der Waals surface area contributed by atoms with Crippen LogP contribution in [0.4, 0.5) is 0 Å². The number of pyridine rings is 1. The first-order valence-corrected chi connectivity index (χ1v) is 7.62. The van der Waals surface area contributed by atoms with E-state index in [0.29, 0.717) is 6.61 Å². The minimum absolute atomic E-state index is 0.664. The van der Waals surface area contributed by atoms with Gasteiger partial charge in [-0.3, -0.25) is 9.38 Å². The maximum atomic E-state index is 5.52. The Bertz CT molecular complexity index is 911. The van der Waals surface area contributed by atoms with Gasteiger partial charge in [0.1, 0.15) is 5.75 Å². The Morgan fingerprint density at radius 1 is 1.24 bits per heavy atom. The van der Waals surface area contributed by atoms with Crippen molar-refractivity contribution in [2.24, 2.45) is 0 Å². The Hall–Kier alpha value is -2.40. The van der Waals surface area contributed by atoms with Crippen molar-refractivity contribution in [2.45, 2.75) is 6.92 Å². The van der Waals surface area contributed by atoms with Crippen molar-refractivity contribution in [3.05, 3.63) is 48.8 Å². The molecule has 0 spiro atoms. The van der Waals surface area contributed by atoms with Crippen molar-refractivity contribution in [1.29, 1.82) is 0 Å². The van der Waals surface area contributed by atoms with E-state index >= 15 is 0 Å². The van der Waals surface area contributed by atoms with Crippen molar-refractivity contribution in [1.82, 2.24) is 14.4 Å². The van der Waals surface area contributed by atoms with Gasteiger partial charge in [-0.05, 0) is 31.2 Å². The lowest BCUT2D eigenvalue weighted by Gasteiger charge is -2.01. The van der Waals surface area contributed by atoms with E-state index in [-0.39, 0.29) is 0 Å². The van der Waals surface area contributed by atoms with Crippen LogP contribution < -0.4 is 4.74 Å². The van der Waals surface area contributed by atoms with Crippen molar-refractivity contribution in [2.75, 3.05) is 6.61 Å². The number of imidazole rings is 1. The number of fused-ring (bicyclic) bond motifs is 3. The van der Waals surface area contributed by atoms with Gasteiger partial charge in [-0.15, -0.1) is 0 Å². The van der Waals surface area contributed by atoms with Gasteiger partial charge in [-0.1, -0.05) is 17.4 Å². The third kappa shape index (κ3) is 2.06. The molecule has 3 heterocycles. The van der Waals surface area contributed by atoms with Gasteiger partial charge < -0.3 is 4.74 Å². The van der Waals surface area contributed by atoms with Crippen LogP contribution in [0.25, 0.3) is 26.6 Å². The lowest BCUT2D eigenvalue weighted by Crippen LogP contribution is -1.90. The third-order valence-corrected chi connectivity index (χ3v) is 4.31. The predicted molar refractivity (Wildman–Crippen MR) is 85.0 cm³/mol. The van der Waals surface area contributed by atoms with Crippen LogP contribution in [0.5, 0.6) is 5.75 Å². The summed E-state index contributed by atoms with van der Waals surface area (Å²) in [6, 6.07) is 12.0. The Kier molecular flexibility index (Phi) is 2.86. The predicted octanol–water partition coefficient (Wildman–Crippen LogP) is 4.01. The largest absolute Gasteiger partial charge is 0.494 e. The quantitative estimate of drug-likeness (QED) is 0.573. The van der Waals surface area contributed by atoms with E-state index in [1.54, 1.807) is 11.3 Å². The minimum atomic E-state index is 0.664. The molecule has 21 heavy (non-hydrogen) atoms. The standard InChI is InChI=1S/C16H13N3OS/c1-2-20-11-6-7-14-13(9-11)18-16-19(14)10-15(21-16)12-5-3-4-8-17-12/h3-10H,2H2,1H3. The Labute approximate surface area is 125 Å². The number of nitrogens with zero attached hydrogens (tertiary/aromatic N) is 3. The lowest BCUT2D eigenvalue weighted by molar-refractivity contribution is 0.340. The number of rotatable bonds is 3. The van der Waals surface area contributed by atoms with Gasteiger partial charge in [0.2, 0.25) is 0 Å². The molecule has 0 saturated carbocycles. The molecular weight excluding hydrogens is 282 g/mol. The van der Waals surface area contributed by atoms with Crippen LogP contribution in [-0.2, 0) is 0 Å². The summed E-state index contributed by atoms with van der Waals surface area (Å²) in [4.78, 5) is 11.2. The van der Waals surface area contributed by atoms with Crippen LogP contribution >= 0.6 is 11.3 Å². The number of hydrogen-bond acceptors (Lipinski definition) is 4. The van der Waals surface area contributed by atoms with Crippen LogP contribution in [0, 0.1) is 0 Å². The highest BCUT2D eigenvalue weighted by atomic mass is 32.1. The SMILES string of the molecule is CCOc1ccc2c(c1)nc1sc(-c3ccccn3)cn12. The number of hydrogen-bond donors (Lipinski definition) is 0. The van der Waals surface area contributed by atoms with Gasteiger partial charge >= 0.3 is 0 Å². The molecule has 4 rings (SSSR count). The number of ether oxygens (including phenoxy) is 1. The van der Waals surface area contributed by atoms with Crippen LogP contribution in [-0.4, -0.2) is 21.0 Å². The topological polar surface area (TPSA) is 39.4 Å². The molecule has 0 bridgehead atoms. The Balaban J connectivity index is 1.86. The highest BCUT2D eigenvalue weighted by Gasteiger charge is 2.11. The smallest absolute Gasteiger partial charge is 0.195 e. The summed E-state index contributed by atoms with van der Waals surface area (Å²) in [6.07, 6.45) is 3.91. The van der Waals surface area contributed by atoms with Crippen LogP contribution in [0.3, 0.4) is 0 Å². The zero-order valence-electron chi connectivity index (χ0n) is 11.5. The van der Waals surface area contributed by atoms with Crippen LogP contribution in [0.2, 0.25) is 0 Å². The van der Waals surface area contributed by atoms with Crippen molar-refractivity contribution >= 4 is 27.3 Å². The molecule has 0 radical (unpaired) electrons. The normalized spacial score (nSPS) is 11.3. The first kappa shape index (κ1) is 12.3. The van der Waals surface area contributed by atoms with Gasteiger partial charge in [0.25, 0.3) is 0 Å². The molecule has 3 aromatic heterocycles. The summed E-state index contributed by atoms with van der Waals surface area (Å²) in [5.74, 6) is 0.862. The summed E-state index contributed by atoms with van der Waals surface area (Å²) in [5.41, 5.74) is 3.03. The molecule has 0 unspecified atom stereocenters. The summed E-state index contributed by atoms with van der Waals surface area (Å²) < 4.78 is 7.63. The number of aromatic nitrogens is 3.